The Balaban J connectivity index is 2.95. The van der Waals surface area contributed by atoms with Gasteiger partial charge >= 0.3 is 10.1 Å². The van der Waals surface area contributed by atoms with E-state index in [9.17, 15) is 13.2 Å². The van der Waals surface area contributed by atoms with Gasteiger partial charge in [0.1, 0.15) is 5.75 Å². The van der Waals surface area contributed by atoms with Crippen LogP contribution >= 0.6 is 0 Å². The van der Waals surface area contributed by atoms with Gasteiger partial charge in [-0.05, 0) is 51.3 Å². The first-order chi connectivity index (χ1) is 12.2. The predicted octanol–water partition coefficient (Wildman–Crippen LogP) is 4.37. The third-order valence-electron chi connectivity index (χ3n) is 4.48. The zero-order valence-corrected chi connectivity index (χ0v) is 17.5. The van der Waals surface area contributed by atoms with Gasteiger partial charge in [-0.1, -0.05) is 38.8 Å². The highest BCUT2D eigenvalue weighted by molar-refractivity contribution is 7.87. The maximum absolute atomic E-state index is 13.0. The number of benzene rings is 1. The Morgan fingerprint density at radius 3 is 2.42 bits per heavy atom. The molecule has 0 saturated carbocycles. The van der Waals surface area contributed by atoms with E-state index < -0.39 is 10.1 Å². The second-order valence-corrected chi connectivity index (χ2v) is 8.74. The van der Waals surface area contributed by atoms with Gasteiger partial charge in [-0.3, -0.25) is 4.79 Å². The molecular formula is C20H33NO4S. The summed E-state index contributed by atoms with van der Waals surface area (Å²) in [5.74, 6) is 0.419. The molecular weight excluding hydrogens is 350 g/mol. The van der Waals surface area contributed by atoms with E-state index in [0.29, 0.717) is 12.3 Å². The molecule has 0 N–H and O–H groups in total. The Labute approximate surface area is 158 Å². The highest BCUT2D eigenvalue weighted by atomic mass is 32.2. The van der Waals surface area contributed by atoms with Crippen LogP contribution in [0.2, 0.25) is 0 Å². The number of carbonyl (C=O) groups excluding carboxylic acids is 1. The Kier molecular flexibility index (Phi) is 9.13. The van der Waals surface area contributed by atoms with Gasteiger partial charge in [0.15, 0.2) is 0 Å². The van der Waals surface area contributed by atoms with Crippen LogP contribution in [0.15, 0.2) is 24.3 Å². The predicted molar refractivity (Wildman–Crippen MR) is 106 cm³/mol. The van der Waals surface area contributed by atoms with E-state index in [-0.39, 0.29) is 23.6 Å². The molecule has 0 aromatic heterocycles. The molecule has 6 heteroatoms. The van der Waals surface area contributed by atoms with Gasteiger partial charge in [-0.25, -0.2) is 0 Å². The second-order valence-electron chi connectivity index (χ2n) is 6.88. The number of nitrogens with zero attached hydrogens (tertiary/aromatic N) is 1. The van der Waals surface area contributed by atoms with Crippen LogP contribution in [0.5, 0.6) is 5.75 Å². The minimum absolute atomic E-state index is 0.0391. The van der Waals surface area contributed by atoms with Gasteiger partial charge in [-0.2, -0.15) is 8.42 Å². The van der Waals surface area contributed by atoms with Crippen molar-refractivity contribution >= 4 is 16.0 Å². The summed E-state index contributed by atoms with van der Waals surface area (Å²) in [5, 5.41) is 0. The van der Waals surface area contributed by atoms with Gasteiger partial charge in [-0.15, -0.1) is 0 Å². The summed E-state index contributed by atoms with van der Waals surface area (Å²) in [5.41, 5.74) is 0.862. The topological polar surface area (TPSA) is 63.7 Å². The lowest BCUT2D eigenvalue weighted by Crippen LogP contribution is -2.40. The molecule has 0 fully saturated rings. The summed E-state index contributed by atoms with van der Waals surface area (Å²) in [6.45, 7) is 10.2. The number of hydrogen-bond donors (Lipinski definition) is 0. The normalized spacial score (nSPS) is 12.8. The molecule has 1 atom stereocenters. The molecule has 26 heavy (non-hydrogen) atoms. The van der Waals surface area contributed by atoms with E-state index in [1.54, 1.807) is 25.1 Å². The van der Waals surface area contributed by atoms with Crippen LogP contribution in [-0.2, 0) is 21.5 Å². The average Bonchev–Trinajstić information content (AvgIpc) is 2.59. The first-order valence-electron chi connectivity index (χ1n) is 9.55. The zero-order chi connectivity index (χ0) is 19.7. The third-order valence-corrected chi connectivity index (χ3v) is 5.64. The Morgan fingerprint density at radius 2 is 1.88 bits per heavy atom. The summed E-state index contributed by atoms with van der Waals surface area (Å²) in [6, 6.07) is 7.04. The van der Waals surface area contributed by atoms with Gasteiger partial charge in [0.05, 0.1) is 5.75 Å². The van der Waals surface area contributed by atoms with Crippen molar-refractivity contribution < 1.29 is 17.4 Å². The van der Waals surface area contributed by atoms with Crippen molar-refractivity contribution in [2.45, 2.75) is 72.9 Å². The number of carbonyl (C=O) groups is 1. The summed E-state index contributed by atoms with van der Waals surface area (Å²) in [7, 11) is -3.56. The molecule has 1 rings (SSSR count). The van der Waals surface area contributed by atoms with Crippen molar-refractivity contribution in [3.05, 3.63) is 29.8 Å². The largest absolute Gasteiger partial charge is 0.382 e. The van der Waals surface area contributed by atoms with Gasteiger partial charge < -0.3 is 9.08 Å². The lowest BCUT2D eigenvalue weighted by atomic mass is 9.97. The quantitative estimate of drug-likeness (QED) is 0.532. The second kappa shape index (κ2) is 10.6. The van der Waals surface area contributed by atoms with Gasteiger partial charge in [0.2, 0.25) is 5.91 Å². The van der Waals surface area contributed by atoms with Crippen LogP contribution in [0.1, 0.15) is 65.9 Å². The Morgan fingerprint density at radius 1 is 1.19 bits per heavy atom. The van der Waals surface area contributed by atoms with Crippen LogP contribution in [-0.4, -0.2) is 31.0 Å². The van der Waals surface area contributed by atoms with Gasteiger partial charge in [0, 0.05) is 18.5 Å². The monoisotopic (exact) mass is 383 g/mol. The third kappa shape index (κ3) is 6.98. The van der Waals surface area contributed by atoms with E-state index in [2.05, 4.69) is 13.8 Å². The van der Waals surface area contributed by atoms with Crippen LogP contribution < -0.4 is 4.18 Å². The number of hydrogen-bond acceptors (Lipinski definition) is 4. The average molecular weight is 384 g/mol. The number of unbranched alkanes of at least 4 members (excludes halogenated alkanes) is 1. The fourth-order valence-corrected chi connectivity index (χ4v) is 3.31. The molecule has 0 saturated heterocycles. The first kappa shape index (κ1) is 22.5. The smallest absolute Gasteiger partial charge is 0.308 e. The van der Waals surface area contributed by atoms with E-state index in [0.717, 1.165) is 31.2 Å². The summed E-state index contributed by atoms with van der Waals surface area (Å²) < 4.78 is 28.4. The van der Waals surface area contributed by atoms with Gasteiger partial charge in [0.25, 0.3) is 0 Å². The van der Waals surface area contributed by atoms with Crippen molar-refractivity contribution in [2.24, 2.45) is 5.92 Å². The van der Waals surface area contributed by atoms with E-state index in [4.69, 9.17) is 4.18 Å². The maximum atomic E-state index is 13.0. The van der Waals surface area contributed by atoms with Crippen LogP contribution in [0, 0.1) is 5.92 Å². The lowest BCUT2D eigenvalue weighted by molar-refractivity contribution is -0.138. The molecule has 0 heterocycles. The zero-order valence-electron chi connectivity index (χ0n) is 16.7. The molecule has 1 unspecified atom stereocenters. The molecule has 1 aromatic carbocycles. The highest BCUT2D eigenvalue weighted by Crippen LogP contribution is 2.22. The molecule has 148 valence electrons. The maximum Gasteiger partial charge on any atom is 0.308 e. The van der Waals surface area contributed by atoms with E-state index in [1.807, 2.05) is 24.8 Å². The van der Waals surface area contributed by atoms with Crippen molar-refractivity contribution in [2.75, 3.05) is 5.75 Å². The summed E-state index contributed by atoms with van der Waals surface area (Å²) in [4.78, 5) is 14.9. The molecule has 1 aromatic rings. The minimum atomic E-state index is -3.56. The molecule has 0 bridgehead atoms. The van der Waals surface area contributed by atoms with E-state index >= 15 is 0 Å². The number of amides is 1. The van der Waals surface area contributed by atoms with Crippen molar-refractivity contribution in [1.29, 1.82) is 0 Å². The van der Waals surface area contributed by atoms with Crippen molar-refractivity contribution in [3.8, 4) is 5.75 Å². The molecule has 0 radical (unpaired) electrons. The fourth-order valence-electron chi connectivity index (χ4n) is 2.80. The molecule has 0 aliphatic carbocycles. The van der Waals surface area contributed by atoms with Crippen LogP contribution in [0.25, 0.3) is 0 Å². The Hall–Kier alpha value is -1.56. The lowest BCUT2D eigenvalue weighted by Gasteiger charge is -2.30. The van der Waals surface area contributed by atoms with Crippen molar-refractivity contribution in [3.63, 3.8) is 0 Å². The molecule has 0 aliphatic rings. The van der Waals surface area contributed by atoms with Crippen LogP contribution in [0.4, 0.5) is 0 Å². The molecule has 5 nitrogen and oxygen atoms in total. The van der Waals surface area contributed by atoms with Crippen LogP contribution in [0.3, 0.4) is 0 Å². The highest BCUT2D eigenvalue weighted by Gasteiger charge is 2.24. The SMILES string of the molecule is CCCCC(CC)C(=O)N(Cc1cccc(OS(=O)(=O)CC)c1)C(C)C. The molecule has 1 amide bonds. The van der Waals surface area contributed by atoms with Crippen molar-refractivity contribution in [1.82, 2.24) is 4.90 Å². The molecule has 0 aliphatic heterocycles. The number of rotatable bonds is 11. The summed E-state index contributed by atoms with van der Waals surface area (Å²) in [6.07, 6.45) is 3.87. The minimum Gasteiger partial charge on any atom is -0.382 e. The fraction of sp³-hybridized carbons (Fsp3) is 0.650. The van der Waals surface area contributed by atoms with E-state index in [1.165, 1.54) is 0 Å². The first-order valence-corrected chi connectivity index (χ1v) is 11.1. The Bertz CT molecular complexity index is 670. The summed E-state index contributed by atoms with van der Waals surface area (Å²) >= 11 is 0. The molecule has 0 spiro atoms. The standard InChI is InChI=1S/C20H33NO4S/c1-6-9-12-18(7-2)20(22)21(16(4)5)15-17-11-10-13-19(14-17)25-26(23,24)8-3/h10-11,13-14,16,18H,6-9,12,15H2,1-5H3.